The third-order valence-electron chi connectivity index (χ3n) is 3.70. The van der Waals surface area contributed by atoms with Crippen molar-refractivity contribution in [1.29, 1.82) is 0 Å². The van der Waals surface area contributed by atoms with E-state index in [2.05, 4.69) is 35.4 Å². The lowest BCUT2D eigenvalue weighted by molar-refractivity contribution is 0.298. The smallest absolute Gasteiger partial charge is 0.0484 e. The van der Waals surface area contributed by atoms with Crippen LogP contribution in [0.15, 0.2) is 23.8 Å². The van der Waals surface area contributed by atoms with Gasteiger partial charge in [0.05, 0.1) is 0 Å². The number of allylic oxidation sites excluding steroid dienone is 3. The van der Waals surface area contributed by atoms with Gasteiger partial charge in [-0.2, -0.15) is 0 Å². The molecule has 0 bridgehead atoms. The highest BCUT2D eigenvalue weighted by Crippen LogP contribution is 2.18. The Morgan fingerprint density at radius 1 is 1.56 bits per heavy atom. The third kappa shape index (κ3) is 4.21. The van der Waals surface area contributed by atoms with Crippen LogP contribution in [0, 0.1) is 5.92 Å². The maximum absolute atomic E-state index is 5.68. The van der Waals surface area contributed by atoms with Crippen molar-refractivity contribution in [3.63, 3.8) is 0 Å². The topological polar surface area (TPSA) is 44.5 Å². The molecular weight excluding hydrogens is 224 g/mol. The van der Waals surface area contributed by atoms with Gasteiger partial charge in [0, 0.05) is 39.4 Å². The first-order valence-corrected chi connectivity index (χ1v) is 6.92. The van der Waals surface area contributed by atoms with Gasteiger partial charge in [-0.05, 0) is 18.8 Å². The highest BCUT2D eigenvalue weighted by Gasteiger charge is 2.21. The Labute approximate surface area is 110 Å². The van der Waals surface area contributed by atoms with Crippen molar-refractivity contribution >= 4 is 0 Å². The molecule has 2 aliphatic rings. The van der Waals surface area contributed by atoms with E-state index in [0.29, 0.717) is 12.0 Å². The molecule has 18 heavy (non-hydrogen) atoms. The maximum atomic E-state index is 5.68. The standard InChI is InChI=1S/C14H26N4/c1-12-3-5-13(6-4-12)7-8-18-10-14(16-11-18)9-17(2)15/h3,5-6,12,14,16H,4,7-11,15H2,1-2H3. The SMILES string of the molecule is CC1C=CC(CCN2CNC(CN(C)N)C2)=CC1. The summed E-state index contributed by atoms with van der Waals surface area (Å²) in [6, 6.07) is 0.510. The molecule has 0 saturated carbocycles. The van der Waals surface area contributed by atoms with Gasteiger partial charge in [0.15, 0.2) is 0 Å². The van der Waals surface area contributed by atoms with Crippen molar-refractivity contribution in [2.75, 3.05) is 33.4 Å². The minimum Gasteiger partial charge on any atom is -0.299 e. The fourth-order valence-corrected chi connectivity index (χ4v) is 2.58. The summed E-state index contributed by atoms with van der Waals surface area (Å²) >= 11 is 0. The van der Waals surface area contributed by atoms with Crippen LogP contribution in [0.25, 0.3) is 0 Å². The van der Waals surface area contributed by atoms with Crippen molar-refractivity contribution in [3.8, 4) is 0 Å². The fraction of sp³-hybridized carbons (Fsp3) is 0.714. The lowest BCUT2D eigenvalue weighted by Gasteiger charge is -2.18. The van der Waals surface area contributed by atoms with Gasteiger partial charge in [-0.15, -0.1) is 0 Å². The van der Waals surface area contributed by atoms with E-state index in [1.807, 2.05) is 7.05 Å². The lowest BCUT2D eigenvalue weighted by Crippen LogP contribution is -2.40. The Balaban J connectivity index is 1.68. The van der Waals surface area contributed by atoms with Crippen molar-refractivity contribution in [1.82, 2.24) is 15.2 Å². The number of likely N-dealkylation sites (N-methyl/N-ethyl adjacent to an activating group) is 1. The summed E-state index contributed by atoms with van der Waals surface area (Å²) in [6.45, 7) is 6.42. The van der Waals surface area contributed by atoms with Gasteiger partial charge in [-0.1, -0.05) is 30.7 Å². The van der Waals surface area contributed by atoms with Crippen LogP contribution in [0.3, 0.4) is 0 Å². The minimum absolute atomic E-state index is 0.510. The molecule has 0 amide bonds. The molecule has 1 aliphatic carbocycles. The van der Waals surface area contributed by atoms with E-state index in [0.717, 1.165) is 32.7 Å². The van der Waals surface area contributed by atoms with E-state index in [4.69, 9.17) is 5.84 Å². The van der Waals surface area contributed by atoms with Crippen LogP contribution in [-0.4, -0.2) is 49.3 Å². The number of hydrogen-bond donors (Lipinski definition) is 2. The van der Waals surface area contributed by atoms with Crippen LogP contribution < -0.4 is 11.2 Å². The molecule has 0 aromatic heterocycles. The summed E-state index contributed by atoms with van der Waals surface area (Å²) in [5.41, 5.74) is 1.49. The lowest BCUT2D eigenvalue weighted by atomic mass is 9.97. The number of hydrazine groups is 1. The van der Waals surface area contributed by atoms with Gasteiger partial charge in [-0.25, -0.2) is 5.01 Å². The molecule has 0 spiro atoms. The molecule has 3 N–H and O–H groups in total. The average molecular weight is 250 g/mol. The first-order chi connectivity index (χ1) is 8.63. The quantitative estimate of drug-likeness (QED) is 0.563. The molecule has 2 unspecified atom stereocenters. The predicted octanol–water partition coefficient (Wildman–Crippen LogP) is 0.936. The number of nitrogens with one attached hydrogen (secondary N) is 1. The fourth-order valence-electron chi connectivity index (χ4n) is 2.58. The summed E-state index contributed by atoms with van der Waals surface area (Å²) in [5.74, 6) is 6.39. The molecule has 0 aromatic rings. The number of nitrogens with zero attached hydrogens (tertiary/aromatic N) is 2. The number of nitrogens with two attached hydrogens (primary N) is 1. The van der Waals surface area contributed by atoms with Crippen LogP contribution >= 0.6 is 0 Å². The highest BCUT2D eigenvalue weighted by atomic mass is 15.4. The zero-order valence-electron chi connectivity index (χ0n) is 11.6. The van der Waals surface area contributed by atoms with Crippen LogP contribution in [-0.2, 0) is 0 Å². The molecule has 1 heterocycles. The van der Waals surface area contributed by atoms with Crippen LogP contribution in [0.1, 0.15) is 19.8 Å². The minimum atomic E-state index is 0.510. The Morgan fingerprint density at radius 3 is 3.06 bits per heavy atom. The maximum Gasteiger partial charge on any atom is 0.0484 e. The van der Waals surface area contributed by atoms with Crippen LogP contribution in [0.5, 0.6) is 0 Å². The van der Waals surface area contributed by atoms with Gasteiger partial charge in [0.1, 0.15) is 0 Å². The predicted molar refractivity (Wildman–Crippen MR) is 75.8 cm³/mol. The third-order valence-corrected chi connectivity index (χ3v) is 3.70. The van der Waals surface area contributed by atoms with E-state index in [-0.39, 0.29) is 0 Å². The van der Waals surface area contributed by atoms with Crippen molar-refractivity contribution < 1.29 is 0 Å². The van der Waals surface area contributed by atoms with E-state index in [9.17, 15) is 0 Å². The molecule has 1 saturated heterocycles. The molecule has 2 atom stereocenters. The highest BCUT2D eigenvalue weighted by molar-refractivity contribution is 5.23. The number of hydrogen-bond acceptors (Lipinski definition) is 4. The second-order valence-electron chi connectivity index (χ2n) is 5.68. The van der Waals surface area contributed by atoms with E-state index >= 15 is 0 Å². The van der Waals surface area contributed by atoms with Gasteiger partial charge in [-0.3, -0.25) is 16.1 Å². The van der Waals surface area contributed by atoms with Crippen LogP contribution in [0.2, 0.25) is 0 Å². The molecular formula is C14H26N4. The molecule has 102 valence electrons. The Morgan fingerprint density at radius 2 is 2.39 bits per heavy atom. The van der Waals surface area contributed by atoms with Crippen molar-refractivity contribution in [2.45, 2.75) is 25.8 Å². The largest absolute Gasteiger partial charge is 0.299 e. The second-order valence-corrected chi connectivity index (χ2v) is 5.68. The summed E-state index contributed by atoms with van der Waals surface area (Å²) in [7, 11) is 1.92. The van der Waals surface area contributed by atoms with Gasteiger partial charge < -0.3 is 0 Å². The second kappa shape index (κ2) is 6.48. The van der Waals surface area contributed by atoms with E-state index < -0.39 is 0 Å². The van der Waals surface area contributed by atoms with Gasteiger partial charge in [0.2, 0.25) is 0 Å². The zero-order chi connectivity index (χ0) is 13.0. The normalized spacial score (nSPS) is 29.0. The first kappa shape index (κ1) is 13.7. The summed E-state index contributed by atoms with van der Waals surface area (Å²) in [5, 5.41) is 5.26. The van der Waals surface area contributed by atoms with Crippen molar-refractivity contribution in [3.05, 3.63) is 23.8 Å². The molecule has 4 heteroatoms. The molecule has 1 fully saturated rings. The Hall–Kier alpha value is -0.680. The Bertz CT molecular complexity index is 322. The molecule has 4 nitrogen and oxygen atoms in total. The average Bonchev–Trinajstić information content (AvgIpc) is 2.75. The van der Waals surface area contributed by atoms with E-state index in [1.54, 1.807) is 5.01 Å². The van der Waals surface area contributed by atoms with Crippen molar-refractivity contribution in [2.24, 2.45) is 11.8 Å². The Kier molecular flexibility index (Phi) is 4.95. The molecule has 0 aromatic carbocycles. The van der Waals surface area contributed by atoms with Gasteiger partial charge in [0.25, 0.3) is 0 Å². The first-order valence-electron chi connectivity index (χ1n) is 6.92. The summed E-state index contributed by atoms with van der Waals surface area (Å²) in [4.78, 5) is 2.47. The summed E-state index contributed by atoms with van der Waals surface area (Å²) < 4.78 is 0. The van der Waals surface area contributed by atoms with Gasteiger partial charge >= 0.3 is 0 Å². The van der Waals surface area contributed by atoms with Crippen LogP contribution in [0.4, 0.5) is 0 Å². The summed E-state index contributed by atoms with van der Waals surface area (Å²) in [6.07, 6.45) is 9.37. The number of rotatable bonds is 5. The molecule has 1 aliphatic heterocycles. The molecule has 2 rings (SSSR count). The van der Waals surface area contributed by atoms with E-state index in [1.165, 1.54) is 12.0 Å². The zero-order valence-corrected chi connectivity index (χ0v) is 11.6. The molecule has 0 radical (unpaired) electrons. The monoisotopic (exact) mass is 250 g/mol.